The lowest BCUT2D eigenvalue weighted by Crippen LogP contribution is -2.39. The molecule has 0 saturated heterocycles. The van der Waals surface area contributed by atoms with Crippen LogP contribution in [0.3, 0.4) is 0 Å². The molecule has 0 unspecified atom stereocenters. The van der Waals surface area contributed by atoms with Gasteiger partial charge in [-0.05, 0) is 13.0 Å². The van der Waals surface area contributed by atoms with Crippen LogP contribution in [0.15, 0.2) is 39.6 Å². The lowest BCUT2D eigenvalue weighted by molar-refractivity contribution is 0.552. The summed E-state index contributed by atoms with van der Waals surface area (Å²) in [5, 5.41) is 1.95. The summed E-state index contributed by atoms with van der Waals surface area (Å²) in [4.78, 5) is 29.4. The average molecular weight is 305 g/mol. The highest BCUT2D eigenvalue weighted by molar-refractivity contribution is 7.15. The number of hydrogen-bond acceptors (Lipinski definition) is 5. The van der Waals surface area contributed by atoms with Gasteiger partial charge in [-0.25, -0.2) is 9.78 Å². The van der Waals surface area contributed by atoms with Crippen LogP contribution in [0.25, 0.3) is 4.96 Å². The molecule has 21 heavy (non-hydrogen) atoms. The monoisotopic (exact) mass is 305 g/mol. The number of hydrogen-bond donors (Lipinski definition) is 1. The second-order valence-corrected chi connectivity index (χ2v) is 5.56. The maximum atomic E-state index is 12.3. The van der Waals surface area contributed by atoms with E-state index in [0.29, 0.717) is 26.1 Å². The van der Waals surface area contributed by atoms with E-state index in [1.807, 2.05) is 22.2 Å². The second-order valence-electron chi connectivity index (χ2n) is 4.68. The average Bonchev–Trinajstić information content (AvgIpc) is 3.03. The molecule has 0 bridgehead atoms. The summed E-state index contributed by atoms with van der Waals surface area (Å²) >= 11 is 1.53. The van der Waals surface area contributed by atoms with Crippen LogP contribution >= 0.6 is 11.3 Å². The lowest BCUT2D eigenvalue weighted by Gasteiger charge is -2.08. The molecule has 8 heteroatoms. The van der Waals surface area contributed by atoms with Gasteiger partial charge in [0.1, 0.15) is 0 Å². The van der Waals surface area contributed by atoms with Gasteiger partial charge in [-0.1, -0.05) is 0 Å². The standard InChI is InChI=1S/C13H15N5O2S/c14-3-1-4-18-11(19)2-5-17(13(18)20)9-10-8-16-6-7-21-12(16)15-10/h2,5-8H,1,3-4,9,14H2. The predicted molar refractivity (Wildman–Crippen MR) is 80.8 cm³/mol. The van der Waals surface area contributed by atoms with Crippen LogP contribution in [0.4, 0.5) is 0 Å². The van der Waals surface area contributed by atoms with E-state index >= 15 is 0 Å². The highest BCUT2D eigenvalue weighted by Gasteiger charge is 2.08. The fourth-order valence-corrected chi connectivity index (χ4v) is 2.88. The zero-order chi connectivity index (χ0) is 14.8. The highest BCUT2D eigenvalue weighted by Crippen LogP contribution is 2.11. The first-order valence-electron chi connectivity index (χ1n) is 6.60. The molecule has 0 aliphatic rings. The molecule has 3 heterocycles. The van der Waals surface area contributed by atoms with E-state index in [2.05, 4.69) is 4.98 Å². The van der Waals surface area contributed by atoms with Crippen LogP contribution in [-0.2, 0) is 13.1 Å². The summed E-state index contributed by atoms with van der Waals surface area (Å²) in [6, 6.07) is 1.40. The molecule has 0 aromatic carbocycles. The quantitative estimate of drug-likeness (QED) is 0.725. The molecule has 2 N–H and O–H groups in total. The van der Waals surface area contributed by atoms with Crippen molar-refractivity contribution in [2.75, 3.05) is 6.54 Å². The van der Waals surface area contributed by atoms with Crippen molar-refractivity contribution in [2.45, 2.75) is 19.5 Å². The third kappa shape index (κ3) is 2.67. The molecular formula is C13H15N5O2S. The summed E-state index contributed by atoms with van der Waals surface area (Å²) in [5.74, 6) is 0. The molecule has 0 fully saturated rings. The largest absolute Gasteiger partial charge is 0.331 e. The number of thiazole rings is 1. The van der Waals surface area contributed by atoms with Crippen molar-refractivity contribution >= 4 is 16.3 Å². The molecule has 110 valence electrons. The van der Waals surface area contributed by atoms with E-state index in [1.165, 1.54) is 32.7 Å². The van der Waals surface area contributed by atoms with E-state index < -0.39 is 0 Å². The van der Waals surface area contributed by atoms with Gasteiger partial charge in [0.05, 0.1) is 12.2 Å². The number of nitrogens with two attached hydrogens (primary N) is 1. The van der Waals surface area contributed by atoms with Gasteiger partial charge in [-0.15, -0.1) is 11.3 Å². The predicted octanol–water partition coefficient (Wildman–Crippen LogP) is 0.116. The molecule has 0 saturated carbocycles. The Bertz CT molecular complexity index is 844. The molecule has 3 aromatic rings. The van der Waals surface area contributed by atoms with E-state index in [0.717, 1.165) is 10.7 Å². The molecule has 7 nitrogen and oxygen atoms in total. The molecule has 3 aromatic heterocycles. The molecule has 0 atom stereocenters. The summed E-state index contributed by atoms with van der Waals surface area (Å²) in [6.07, 6.45) is 5.91. The van der Waals surface area contributed by atoms with Crippen LogP contribution in [-0.4, -0.2) is 25.1 Å². The minimum absolute atomic E-state index is 0.296. The summed E-state index contributed by atoms with van der Waals surface area (Å²) in [5.41, 5.74) is 5.60. The van der Waals surface area contributed by atoms with Gasteiger partial charge in [0.15, 0.2) is 4.96 Å². The second kappa shape index (κ2) is 5.66. The van der Waals surface area contributed by atoms with E-state index in [4.69, 9.17) is 5.73 Å². The smallest absolute Gasteiger partial charge is 0.330 e. The van der Waals surface area contributed by atoms with Crippen LogP contribution in [0, 0.1) is 0 Å². The Morgan fingerprint density at radius 1 is 1.29 bits per heavy atom. The Hall–Kier alpha value is -2.19. The van der Waals surface area contributed by atoms with Crippen molar-refractivity contribution in [3.05, 3.63) is 56.6 Å². The molecular weight excluding hydrogens is 290 g/mol. The molecule has 0 amide bonds. The van der Waals surface area contributed by atoms with Crippen LogP contribution in [0.1, 0.15) is 12.1 Å². The summed E-state index contributed by atoms with van der Waals surface area (Å²) in [6.45, 7) is 1.13. The maximum Gasteiger partial charge on any atom is 0.331 e. The van der Waals surface area contributed by atoms with Gasteiger partial charge in [-0.2, -0.15) is 0 Å². The highest BCUT2D eigenvalue weighted by atomic mass is 32.1. The van der Waals surface area contributed by atoms with Gasteiger partial charge in [0.25, 0.3) is 5.56 Å². The Morgan fingerprint density at radius 2 is 2.14 bits per heavy atom. The van der Waals surface area contributed by atoms with E-state index in [9.17, 15) is 9.59 Å². The van der Waals surface area contributed by atoms with Gasteiger partial charge in [0, 0.05) is 36.6 Å². The molecule has 3 rings (SSSR count). The summed E-state index contributed by atoms with van der Waals surface area (Å²) in [7, 11) is 0. The third-order valence-electron chi connectivity index (χ3n) is 3.20. The SMILES string of the molecule is NCCCn1c(=O)ccn(Cc2cn3ccsc3n2)c1=O. The fraction of sp³-hybridized carbons (Fsp3) is 0.308. The van der Waals surface area contributed by atoms with Crippen molar-refractivity contribution in [2.24, 2.45) is 5.73 Å². The van der Waals surface area contributed by atoms with Crippen LogP contribution in [0.2, 0.25) is 0 Å². The number of imidazole rings is 1. The maximum absolute atomic E-state index is 12.3. The first kappa shape index (κ1) is 13.8. The van der Waals surface area contributed by atoms with Gasteiger partial charge < -0.3 is 5.73 Å². The molecule has 0 aliphatic heterocycles. The fourth-order valence-electron chi connectivity index (χ4n) is 2.16. The van der Waals surface area contributed by atoms with Gasteiger partial charge >= 0.3 is 5.69 Å². The third-order valence-corrected chi connectivity index (χ3v) is 3.97. The van der Waals surface area contributed by atoms with Crippen molar-refractivity contribution in [3.8, 4) is 0 Å². The number of rotatable bonds is 5. The Labute approximate surface area is 123 Å². The zero-order valence-corrected chi connectivity index (χ0v) is 12.1. The minimum atomic E-state index is -0.327. The Balaban J connectivity index is 1.93. The minimum Gasteiger partial charge on any atom is -0.330 e. The van der Waals surface area contributed by atoms with Crippen molar-refractivity contribution < 1.29 is 0 Å². The van der Waals surface area contributed by atoms with Gasteiger partial charge in [-0.3, -0.25) is 18.3 Å². The van der Waals surface area contributed by atoms with Gasteiger partial charge in [0.2, 0.25) is 0 Å². The van der Waals surface area contributed by atoms with E-state index in [1.54, 1.807) is 0 Å². The summed E-state index contributed by atoms with van der Waals surface area (Å²) < 4.78 is 4.62. The van der Waals surface area contributed by atoms with Crippen molar-refractivity contribution in [1.29, 1.82) is 0 Å². The normalized spacial score (nSPS) is 11.3. The number of aromatic nitrogens is 4. The topological polar surface area (TPSA) is 87.3 Å². The molecule has 0 spiro atoms. The van der Waals surface area contributed by atoms with Crippen molar-refractivity contribution in [1.82, 2.24) is 18.5 Å². The first-order chi connectivity index (χ1) is 10.2. The number of fused-ring (bicyclic) bond motifs is 1. The molecule has 0 radical (unpaired) electrons. The van der Waals surface area contributed by atoms with Crippen LogP contribution in [0.5, 0.6) is 0 Å². The lowest BCUT2D eigenvalue weighted by atomic mass is 10.4. The number of nitrogens with zero attached hydrogens (tertiary/aromatic N) is 4. The Kier molecular flexibility index (Phi) is 3.72. The molecule has 0 aliphatic carbocycles. The Morgan fingerprint density at radius 3 is 2.90 bits per heavy atom. The van der Waals surface area contributed by atoms with Crippen molar-refractivity contribution in [3.63, 3.8) is 0 Å². The zero-order valence-electron chi connectivity index (χ0n) is 11.3. The first-order valence-corrected chi connectivity index (χ1v) is 7.48. The van der Waals surface area contributed by atoms with E-state index in [-0.39, 0.29) is 11.2 Å². The van der Waals surface area contributed by atoms with Crippen LogP contribution < -0.4 is 17.0 Å².